The van der Waals surface area contributed by atoms with E-state index in [1.165, 1.54) is 35.2 Å². The first kappa shape index (κ1) is 14.6. The topological polar surface area (TPSA) is 81.8 Å². The van der Waals surface area contributed by atoms with Crippen LogP contribution in [0.4, 0.5) is 5.69 Å². The number of aryl methyl sites for hydroxylation is 1. The molecule has 0 atom stereocenters. The van der Waals surface area contributed by atoms with Crippen LogP contribution in [0, 0.1) is 17.0 Å². The Bertz CT molecular complexity index is 821. The van der Waals surface area contributed by atoms with Crippen molar-refractivity contribution in [2.75, 3.05) is 0 Å². The number of non-ortho nitro benzene ring substituents is 1. The summed E-state index contributed by atoms with van der Waals surface area (Å²) in [6.45, 7) is 1.87. The van der Waals surface area contributed by atoms with Crippen molar-refractivity contribution in [3.05, 3.63) is 57.7 Å². The van der Waals surface area contributed by atoms with E-state index in [9.17, 15) is 10.1 Å². The van der Waals surface area contributed by atoms with Crippen LogP contribution in [0.5, 0.6) is 0 Å². The van der Waals surface area contributed by atoms with Crippen LogP contribution in [0.25, 0.3) is 11.4 Å². The first-order valence-corrected chi connectivity index (χ1v) is 7.99. The second kappa shape index (κ2) is 6.20. The van der Waals surface area contributed by atoms with Gasteiger partial charge in [0.1, 0.15) is 5.03 Å². The van der Waals surface area contributed by atoms with E-state index in [0.29, 0.717) is 11.4 Å². The predicted molar refractivity (Wildman–Crippen MR) is 85.1 cm³/mol. The van der Waals surface area contributed by atoms with Gasteiger partial charge in [-0.25, -0.2) is 15.0 Å². The third-order valence-electron chi connectivity index (χ3n) is 2.75. The van der Waals surface area contributed by atoms with E-state index in [4.69, 9.17) is 0 Å². The van der Waals surface area contributed by atoms with Crippen LogP contribution in [0.2, 0.25) is 0 Å². The maximum Gasteiger partial charge on any atom is 0.270 e. The number of nitro groups is 1. The molecule has 0 unspecified atom stereocenters. The fraction of sp³-hybridized carbons (Fsp3) is 0.0714. The summed E-state index contributed by atoms with van der Waals surface area (Å²) in [5.41, 5.74) is 1.45. The molecule has 6 nitrogen and oxygen atoms in total. The molecule has 3 rings (SSSR count). The minimum Gasteiger partial charge on any atom is -0.258 e. The second-order valence-corrected chi connectivity index (χ2v) is 6.54. The highest BCUT2D eigenvalue weighted by atomic mass is 32.2. The van der Waals surface area contributed by atoms with Crippen molar-refractivity contribution >= 4 is 28.8 Å². The molecule has 0 N–H and O–H groups in total. The number of rotatable bonds is 4. The Hall–Kier alpha value is -2.32. The summed E-state index contributed by atoms with van der Waals surface area (Å²) in [7, 11) is 0. The number of aromatic nitrogens is 3. The van der Waals surface area contributed by atoms with Crippen LogP contribution in [0.1, 0.15) is 5.69 Å². The molecular weight excluding hydrogens is 320 g/mol. The van der Waals surface area contributed by atoms with Gasteiger partial charge in [-0.2, -0.15) is 0 Å². The summed E-state index contributed by atoms with van der Waals surface area (Å²) in [6, 6.07) is 8.19. The third-order valence-corrected chi connectivity index (χ3v) is 4.55. The molecular formula is C14H10N4O2S2. The minimum atomic E-state index is -0.426. The summed E-state index contributed by atoms with van der Waals surface area (Å²) in [4.78, 5) is 23.5. The zero-order chi connectivity index (χ0) is 15.5. The number of thiazole rings is 1. The monoisotopic (exact) mass is 330 g/mol. The summed E-state index contributed by atoms with van der Waals surface area (Å²) < 4.78 is 0.892. The summed E-state index contributed by atoms with van der Waals surface area (Å²) in [5, 5.41) is 13.6. The molecule has 110 valence electrons. The van der Waals surface area contributed by atoms with Crippen molar-refractivity contribution in [2.45, 2.75) is 16.3 Å². The van der Waals surface area contributed by atoms with Crippen molar-refractivity contribution in [1.82, 2.24) is 15.0 Å². The SMILES string of the molecule is Cc1cc(Sc2nccs2)nc(-c2cccc([N+](=O)[O-])c2)n1. The molecule has 0 fully saturated rings. The van der Waals surface area contributed by atoms with Crippen molar-refractivity contribution in [3.63, 3.8) is 0 Å². The van der Waals surface area contributed by atoms with E-state index in [1.807, 2.05) is 18.4 Å². The van der Waals surface area contributed by atoms with Gasteiger partial charge < -0.3 is 0 Å². The molecule has 0 aliphatic carbocycles. The number of nitro benzene ring substituents is 1. The molecule has 0 spiro atoms. The number of benzene rings is 1. The number of hydrogen-bond donors (Lipinski definition) is 0. The van der Waals surface area contributed by atoms with Gasteiger partial charge in [0, 0.05) is 35.0 Å². The van der Waals surface area contributed by atoms with Crippen LogP contribution in [-0.2, 0) is 0 Å². The predicted octanol–water partition coefficient (Wildman–Crippen LogP) is 3.97. The smallest absolute Gasteiger partial charge is 0.258 e. The standard InChI is InChI=1S/C14H10N4O2S2/c1-9-7-12(22-14-15-5-6-21-14)17-13(16-9)10-3-2-4-11(8-10)18(19)20/h2-8H,1H3. The average molecular weight is 330 g/mol. The van der Waals surface area contributed by atoms with Gasteiger partial charge in [-0.3, -0.25) is 10.1 Å². The quantitative estimate of drug-likeness (QED) is 0.409. The van der Waals surface area contributed by atoms with E-state index in [1.54, 1.807) is 18.3 Å². The molecule has 0 saturated heterocycles. The van der Waals surface area contributed by atoms with Gasteiger partial charge in [-0.05, 0) is 24.8 Å². The Labute approximate surface area is 134 Å². The van der Waals surface area contributed by atoms with Crippen LogP contribution >= 0.6 is 23.1 Å². The lowest BCUT2D eigenvalue weighted by molar-refractivity contribution is -0.384. The van der Waals surface area contributed by atoms with Gasteiger partial charge in [0.2, 0.25) is 0 Å². The van der Waals surface area contributed by atoms with Crippen molar-refractivity contribution in [2.24, 2.45) is 0 Å². The number of hydrogen-bond acceptors (Lipinski definition) is 7. The van der Waals surface area contributed by atoms with Crippen molar-refractivity contribution in [1.29, 1.82) is 0 Å². The van der Waals surface area contributed by atoms with E-state index in [0.717, 1.165) is 15.1 Å². The molecule has 3 aromatic rings. The largest absolute Gasteiger partial charge is 0.270 e. The summed E-state index contributed by atoms with van der Waals surface area (Å²) >= 11 is 2.98. The summed E-state index contributed by atoms with van der Waals surface area (Å²) in [5.74, 6) is 0.475. The molecule has 22 heavy (non-hydrogen) atoms. The fourth-order valence-corrected chi connectivity index (χ4v) is 3.46. The first-order chi connectivity index (χ1) is 10.6. The molecule has 0 saturated carbocycles. The van der Waals surface area contributed by atoms with Crippen LogP contribution in [0.3, 0.4) is 0 Å². The van der Waals surface area contributed by atoms with Gasteiger partial charge in [0.05, 0.1) is 4.92 Å². The Morgan fingerprint density at radius 3 is 2.86 bits per heavy atom. The van der Waals surface area contributed by atoms with E-state index in [-0.39, 0.29) is 5.69 Å². The van der Waals surface area contributed by atoms with Gasteiger partial charge >= 0.3 is 0 Å². The van der Waals surface area contributed by atoms with Crippen LogP contribution in [0.15, 0.2) is 51.3 Å². The Morgan fingerprint density at radius 1 is 1.27 bits per heavy atom. The maximum absolute atomic E-state index is 10.9. The zero-order valence-corrected chi connectivity index (χ0v) is 13.1. The van der Waals surface area contributed by atoms with Gasteiger partial charge in [0.15, 0.2) is 10.2 Å². The number of nitrogens with zero attached hydrogens (tertiary/aromatic N) is 4. The zero-order valence-electron chi connectivity index (χ0n) is 11.5. The van der Waals surface area contributed by atoms with Gasteiger partial charge in [-0.15, -0.1) is 11.3 Å². The van der Waals surface area contributed by atoms with Crippen LogP contribution < -0.4 is 0 Å². The van der Waals surface area contributed by atoms with Gasteiger partial charge in [0.25, 0.3) is 5.69 Å². The molecule has 0 aliphatic rings. The molecule has 8 heteroatoms. The molecule has 1 aromatic carbocycles. The first-order valence-electron chi connectivity index (χ1n) is 6.30. The van der Waals surface area contributed by atoms with E-state index < -0.39 is 4.92 Å². The molecule has 2 aromatic heterocycles. The molecule has 0 amide bonds. The third kappa shape index (κ3) is 3.29. The molecule has 0 radical (unpaired) electrons. The van der Waals surface area contributed by atoms with Gasteiger partial charge in [-0.1, -0.05) is 12.1 Å². The average Bonchev–Trinajstić information content (AvgIpc) is 2.99. The Morgan fingerprint density at radius 2 is 2.14 bits per heavy atom. The lowest BCUT2D eigenvalue weighted by Gasteiger charge is -2.04. The lowest BCUT2D eigenvalue weighted by Crippen LogP contribution is -1.95. The Balaban J connectivity index is 1.98. The lowest BCUT2D eigenvalue weighted by atomic mass is 10.2. The summed E-state index contributed by atoms with van der Waals surface area (Å²) in [6.07, 6.45) is 1.74. The highest BCUT2D eigenvalue weighted by Gasteiger charge is 2.11. The molecule has 0 bridgehead atoms. The van der Waals surface area contributed by atoms with Crippen molar-refractivity contribution < 1.29 is 4.92 Å². The molecule has 0 aliphatic heterocycles. The fourth-order valence-electron chi connectivity index (χ4n) is 1.83. The van der Waals surface area contributed by atoms with E-state index >= 15 is 0 Å². The van der Waals surface area contributed by atoms with E-state index in [2.05, 4.69) is 15.0 Å². The molecule has 2 heterocycles. The second-order valence-electron chi connectivity index (χ2n) is 4.38. The Kier molecular flexibility index (Phi) is 4.12. The normalized spacial score (nSPS) is 10.6. The van der Waals surface area contributed by atoms with Crippen LogP contribution in [-0.4, -0.2) is 19.9 Å². The minimum absolute atomic E-state index is 0.0248. The maximum atomic E-state index is 10.9. The highest BCUT2D eigenvalue weighted by Crippen LogP contribution is 2.30. The highest BCUT2D eigenvalue weighted by molar-refractivity contribution is 8.01. The van der Waals surface area contributed by atoms with Crippen molar-refractivity contribution in [3.8, 4) is 11.4 Å².